The Balaban J connectivity index is 2.32. The van der Waals surface area contributed by atoms with E-state index in [1.165, 1.54) is 0 Å². The second-order valence-electron chi connectivity index (χ2n) is 3.04. The number of nitrogens with zero attached hydrogens (tertiary/aromatic N) is 2. The highest BCUT2D eigenvalue weighted by molar-refractivity contribution is 6.25. The molecule has 0 aromatic rings. The fourth-order valence-corrected chi connectivity index (χ4v) is 1.18. The van der Waals surface area contributed by atoms with Crippen LogP contribution in [0, 0.1) is 0 Å². The average Bonchev–Trinajstić information content (AvgIpc) is 2.51. The molecule has 1 saturated heterocycles. The van der Waals surface area contributed by atoms with Gasteiger partial charge in [-0.2, -0.15) is 4.79 Å². The third kappa shape index (κ3) is 3.06. The van der Waals surface area contributed by atoms with Gasteiger partial charge in [0.05, 0.1) is 13.2 Å². The minimum atomic E-state index is -0.640. The summed E-state index contributed by atoms with van der Waals surface area (Å²) >= 11 is 0. The number of Topliss-reactive ketones (excluding diaryl/α,β-unsaturated/α-hetero) is 1. The third-order valence-electron chi connectivity index (χ3n) is 1.93. The largest absolute Gasteiger partial charge is 0.361 e. The molecule has 0 amide bonds. The number of carbonyl (C=O) groups excluding carboxylic acids is 1. The normalized spacial score (nSPS) is 19.5. The number of rotatable bonds is 4. The van der Waals surface area contributed by atoms with Crippen LogP contribution >= 0.6 is 0 Å². The highest BCUT2D eigenvalue weighted by atomic mass is 16.7. The molecule has 0 bridgehead atoms. The van der Waals surface area contributed by atoms with E-state index in [0.29, 0.717) is 19.6 Å². The zero-order chi connectivity index (χ0) is 9.73. The van der Waals surface area contributed by atoms with Crippen LogP contribution in [0.3, 0.4) is 0 Å². The van der Waals surface area contributed by atoms with Gasteiger partial charge in [0.2, 0.25) is 5.78 Å². The number of ether oxygens (including phenoxy) is 2. The molecule has 0 atom stereocenters. The lowest BCUT2D eigenvalue weighted by Crippen LogP contribution is -2.26. The van der Waals surface area contributed by atoms with Gasteiger partial charge in [-0.25, -0.2) is 0 Å². The summed E-state index contributed by atoms with van der Waals surface area (Å²) in [6, 6.07) is 0. The van der Waals surface area contributed by atoms with E-state index < -0.39 is 5.79 Å². The highest BCUT2D eigenvalue weighted by Gasteiger charge is 2.31. The van der Waals surface area contributed by atoms with Crippen LogP contribution in [0.2, 0.25) is 0 Å². The Kier molecular flexibility index (Phi) is 3.31. The molecule has 5 heteroatoms. The van der Waals surface area contributed by atoms with Crippen LogP contribution in [0.5, 0.6) is 0 Å². The monoisotopic (exact) mass is 184 g/mol. The molecule has 0 N–H and O–H groups in total. The molecule has 0 aromatic heterocycles. The first-order valence-electron chi connectivity index (χ1n) is 4.14. The third-order valence-corrected chi connectivity index (χ3v) is 1.93. The second kappa shape index (κ2) is 4.28. The summed E-state index contributed by atoms with van der Waals surface area (Å²) in [5.74, 6) is -0.873. The van der Waals surface area contributed by atoms with E-state index in [0.717, 1.165) is 6.21 Å². The van der Waals surface area contributed by atoms with E-state index in [1.54, 1.807) is 6.92 Å². The molecule has 1 aliphatic rings. The summed E-state index contributed by atoms with van der Waals surface area (Å²) in [5, 5.41) is 0. The van der Waals surface area contributed by atoms with Crippen LogP contribution in [-0.2, 0) is 14.3 Å². The van der Waals surface area contributed by atoms with E-state index in [2.05, 4.69) is 4.79 Å². The Hall–Kier alpha value is -1.03. The van der Waals surface area contributed by atoms with E-state index in [9.17, 15) is 4.79 Å². The van der Waals surface area contributed by atoms with Crippen LogP contribution < -0.4 is 0 Å². The van der Waals surface area contributed by atoms with Gasteiger partial charge in [0.15, 0.2) is 5.79 Å². The molecule has 1 rings (SSSR count). The fraction of sp³-hybridized carbons (Fsp3) is 0.750. The Morgan fingerprint density at radius 2 is 2.23 bits per heavy atom. The van der Waals surface area contributed by atoms with Crippen molar-refractivity contribution < 1.29 is 19.1 Å². The van der Waals surface area contributed by atoms with Gasteiger partial charge in [-0.05, 0) is 6.92 Å². The minimum Gasteiger partial charge on any atom is -0.361 e. The standard InChI is InChI=1S/C8H12N2O3/c1-8(12-4-5-13-8)3-2-7(11)6-10-9/h6H,2-5H2,1H3. The first-order valence-corrected chi connectivity index (χ1v) is 4.14. The Morgan fingerprint density at radius 1 is 1.62 bits per heavy atom. The molecule has 0 radical (unpaired) electrons. The Morgan fingerprint density at radius 3 is 2.77 bits per heavy atom. The van der Waals surface area contributed by atoms with E-state index >= 15 is 0 Å². The summed E-state index contributed by atoms with van der Waals surface area (Å²) < 4.78 is 10.6. The number of hydrogen-bond acceptors (Lipinski definition) is 3. The van der Waals surface area contributed by atoms with Gasteiger partial charge in [0.25, 0.3) is 0 Å². The zero-order valence-corrected chi connectivity index (χ0v) is 7.52. The molecular weight excluding hydrogens is 172 g/mol. The lowest BCUT2D eigenvalue weighted by molar-refractivity contribution is -0.150. The minimum absolute atomic E-state index is 0.233. The van der Waals surface area contributed by atoms with Gasteiger partial charge in [0.1, 0.15) is 0 Å². The molecule has 0 aliphatic carbocycles. The quantitative estimate of drug-likeness (QED) is 0.360. The number of ketones is 1. The molecule has 0 saturated carbocycles. The molecule has 13 heavy (non-hydrogen) atoms. The van der Waals surface area contributed by atoms with E-state index in [1.807, 2.05) is 0 Å². The molecule has 1 aliphatic heterocycles. The molecule has 0 spiro atoms. The Labute approximate surface area is 76.3 Å². The predicted octanol–water partition coefficient (Wildman–Crippen LogP) is 0.399. The van der Waals surface area contributed by atoms with Crippen molar-refractivity contribution in [2.24, 2.45) is 0 Å². The average molecular weight is 184 g/mol. The van der Waals surface area contributed by atoms with Crippen LogP contribution in [0.1, 0.15) is 19.8 Å². The molecular formula is C8H12N2O3. The summed E-state index contributed by atoms with van der Waals surface area (Å²) in [6.07, 6.45) is 1.64. The molecule has 72 valence electrons. The first-order chi connectivity index (χ1) is 6.16. The first kappa shape index (κ1) is 10.1. The molecule has 0 unspecified atom stereocenters. The summed E-state index contributed by atoms with van der Waals surface area (Å²) in [4.78, 5) is 13.6. The van der Waals surface area contributed by atoms with Crippen LogP contribution in [0.4, 0.5) is 0 Å². The van der Waals surface area contributed by atoms with Gasteiger partial charge < -0.3 is 15.0 Å². The molecule has 0 aromatic carbocycles. The lowest BCUT2D eigenvalue weighted by atomic mass is 10.1. The SMILES string of the molecule is CC1(CCC(=O)C=[N+]=[N-])OCCO1. The number of carbonyl (C=O) groups is 1. The van der Waals surface area contributed by atoms with Gasteiger partial charge in [-0.1, -0.05) is 0 Å². The molecule has 1 heterocycles. The Bertz CT molecular complexity index is 240. The van der Waals surface area contributed by atoms with Crippen molar-refractivity contribution in [3.05, 3.63) is 5.53 Å². The van der Waals surface area contributed by atoms with Crippen molar-refractivity contribution in [3.63, 3.8) is 0 Å². The molecule has 1 fully saturated rings. The predicted molar refractivity (Wildman–Crippen MR) is 44.2 cm³/mol. The van der Waals surface area contributed by atoms with Crippen molar-refractivity contribution >= 4 is 12.0 Å². The highest BCUT2D eigenvalue weighted by Crippen LogP contribution is 2.23. The van der Waals surface area contributed by atoms with Crippen molar-refractivity contribution in [1.29, 1.82) is 0 Å². The summed E-state index contributed by atoms with van der Waals surface area (Å²) in [6.45, 7) is 2.93. The smallest absolute Gasteiger partial charge is 0.323 e. The van der Waals surface area contributed by atoms with Gasteiger partial charge in [-0.15, -0.1) is 0 Å². The maximum absolute atomic E-state index is 10.9. The van der Waals surface area contributed by atoms with Crippen molar-refractivity contribution in [2.45, 2.75) is 25.6 Å². The lowest BCUT2D eigenvalue weighted by Gasteiger charge is -2.20. The van der Waals surface area contributed by atoms with Crippen molar-refractivity contribution in [3.8, 4) is 0 Å². The van der Waals surface area contributed by atoms with E-state index in [4.69, 9.17) is 15.0 Å². The maximum atomic E-state index is 10.9. The van der Waals surface area contributed by atoms with Crippen LogP contribution in [0.15, 0.2) is 0 Å². The van der Waals surface area contributed by atoms with Crippen LogP contribution in [-0.4, -0.2) is 35.8 Å². The fourth-order valence-electron chi connectivity index (χ4n) is 1.18. The second-order valence-corrected chi connectivity index (χ2v) is 3.04. The van der Waals surface area contributed by atoms with Crippen LogP contribution in [0.25, 0.3) is 5.53 Å². The maximum Gasteiger partial charge on any atom is 0.323 e. The van der Waals surface area contributed by atoms with Gasteiger partial charge >= 0.3 is 6.21 Å². The summed E-state index contributed by atoms with van der Waals surface area (Å²) in [7, 11) is 0. The topological polar surface area (TPSA) is 71.9 Å². The number of hydrogen-bond donors (Lipinski definition) is 0. The van der Waals surface area contributed by atoms with Crippen molar-refractivity contribution in [2.75, 3.05) is 13.2 Å². The van der Waals surface area contributed by atoms with Gasteiger partial charge in [-0.3, -0.25) is 4.79 Å². The van der Waals surface area contributed by atoms with Crippen molar-refractivity contribution in [1.82, 2.24) is 0 Å². The zero-order valence-electron chi connectivity index (χ0n) is 7.52. The summed E-state index contributed by atoms with van der Waals surface area (Å²) in [5.41, 5.74) is 8.08. The van der Waals surface area contributed by atoms with Gasteiger partial charge in [0, 0.05) is 12.8 Å². The van der Waals surface area contributed by atoms with E-state index in [-0.39, 0.29) is 12.2 Å². The molecule has 5 nitrogen and oxygen atoms in total.